The maximum Gasteiger partial charge on any atom is 0.573 e. The van der Waals surface area contributed by atoms with E-state index in [1.54, 1.807) is 36.4 Å². The molecule has 1 heterocycles. The molecule has 3 nitrogen and oxygen atoms in total. The summed E-state index contributed by atoms with van der Waals surface area (Å²) in [6.45, 7) is 2.30. The number of hydrogen-bond acceptors (Lipinski definition) is 3. The monoisotopic (exact) mass is 594 g/mol. The number of aryl methyl sites for hydroxylation is 1. The molecule has 3 aromatic rings. The third-order valence-electron chi connectivity index (χ3n) is 6.75. The van der Waals surface area contributed by atoms with Gasteiger partial charge in [0.1, 0.15) is 5.83 Å². The molecule has 0 unspecified atom stereocenters. The molecule has 0 N–H and O–H groups in total. The zero-order valence-corrected chi connectivity index (χ0v) is 22.7. The largest absolute Gasteiger partial charge is 0.573 e. The van der Waals surface area contributed by atoms with Crippen LogP contribution in [0.2, 0.25) is 0 Å². The molecule has 0 spiro atoms. The van der Waals surface area contributed by atoms with E-state index in [0.29, 0.717) is 31.4 Å². The molecule has 1 fully saturated rings. The third-order valence-corrected chi connectivity index (χ3v) is 6.75. The van der Waals surface area contributed by atoms with Gasteiger partial charge in [-0.15, -0.1) is 13.2 Å². The Morgan fingerprint density at radius 1 is 0.905 bits per heavy atom. The number of allylic oxidation sites excluding steroid dienone is 3. The Bertz CT molecular complexity index is 1370. The number of ether oxygens (including phenoxy) is 3. The second-order valence-electron chi connectivity index (χ2n) is 9.87. The van der Waals surface area contributed by atoms with Crippen molar-refractivity contribution in [1.29, 1.82) is 0 Å². The molecule has 4 rings (SSSR count). The van der Waals surface area contributed by atoms with Crippen LogP contribution in [0.4, 0.5) is 30.7 Å². The van der Waals surface area contributed by atoms with Crippen molar-refractivity contribution in [2.75, 3.05) is 13.2 Å². The van der Waals surface area contributed by atoms with E-state index >= 15 is 0 Å². The van der Waals surface area contributed by atoms with Crippen LogP contribution in [0, 0.1) is 17.6 Å². The summed E-state index contributed by atoms with van der Waals surface area (Å²) >= 11 is 0. The summed E-state index contributed by atoms with van der Waals surface area (Å²) in [5, 5.41) is 0. The van der Waals surface area contributed by atoms with Crippen LogP contribution in [-0.2, 0) is 15.9 Å². The molecule has 0 bridgehead atoms. The molecule has 10 heteroatoms. The van der Waals surface area contributed by atoms with Gasteiger partial charge in [-0.3, -0.25) is 0 Å². The number of rotatable bonds is 10. The summed E-state index contributed by atoms with van der Waals surface area (Å²) < 4.78 is 108. The van der Waals surface area contributed by atoms with E-state index in [9.17, 15) is 30.7 Å². The van der Waals surface area contributed by atoms with Crippen molar-refractivity contribution in [3.05, 3.63) is 107 Å². The van der Waals surface area contributed by atoms with Crippen LogP contribution in [-0.4, -0.2) is 19.6 Å². The molecule has 42 heavy (non-hydrogen) atoms. The molecule has 0 aromatic heterocycles. The molecular weight excluding hydrogens is 565 g/mol. The predicted molar refractivity (Wildman–Crippen MR) is 145 cm³/mol. The van der Waals surface area contributed by atoms with Crippen molar-refractivity contribution in [3.8, 4) is 16.9 Å². The second kappa shape index (κ2) is 14.0. The maximum absolute atomic E-state index is 14.4. The Balaban J connectivity index is 1.27. The van der Waals surface area contributed by atoms with Crippen molar-refractivity contribution in [1.82, 2.24) is 0 Å². The van der Waals surface area contributed by atoms with Crippen molar-refractivity contribution < 1.29 is 44.9 Å². The van der Waals surface area contributed by atoms with E-state index in [4.69, 9.17) is 9.47 Å². The summed E-state index contributed by atoms with van der Waals surface area (Å²) in [4.78, 5) is 0. The molecule has 1 saturated heterocycles. The van der Waals surface area contributed by atoms with Gasteiger partial charge in [0.05, 0.1) is 13.2 Å². The van der Waals surface area contributed by atoms with Crippen molar-refractivity contribution in [2.45, 2.75) is 45.3 Å². The normalized spacial score (nSPS) is 18.3. The van der Waals surface area contributed by atoms with Crippen LogP contribution >= 0.6 is 0 Å². The average molecular weight is 595 g/mol. The summed E-state index contributed by atoms with van der Waals surface area (Å²) in [6, 6.07) is 15.8. The Kier molecular flexibility index (Phi) is 10.5. The summed E-state index contributed by atoms with van der Waals surface area (Å²) in [7, 11) is 0. The predicted octanol–water partition coefficient (Wildman–Crippen LogP) is 9.79. The maximum atomic E-state index is 14.4. The number of benzene rings is 3. The van der Waals surface area contributed by atoms with E-state index in [0.717, 1.165) is 16.7 Å². The van der Waals surface area contributed by atoms with Crippen LogP contribution in [0.1, 0.15) is 49.2 Å². The molecule has 0 radical (unpaired) electrons. The zero-order valence-electron chi connectivity index (χ0n) is 22.7. The number of hydrogen-bond donors (Lipinski definition) is 0. The van der Waals surface area contributed by atoms with Crippen molar-refractivity contribution in [2.24, 2.45) is 5.92 Å². The van der Waals surface area contributed by atoms with Crippen LogP contribution < -0.4 is 4.74 Å². The van der Waals surface area contributed by atoms with E-state index < -0.39 is 41.7 Å². The lowest BCUT2D eigenvalue weighted by Crippen LogP contribution is -2.27. The number of halogens is 7. The minimum Gasteiger partial charge on any atom is -0.399 e. The van der Waals surface area contributed by atoms with E-state index in [-0.39, 0.29) is 36.7 Å². The van der Waals surface area contributed by atoms with E-state index in [2.05, 4.69) is 4.74 Å². The Hall–Kier alpha value is -3.63. The summed E-state index contributed by atoms with van der Waals surface area (Å²) in [6.07, 6.45) is -0.917. The highest BCUT2D eigenvalue weighted by Crippen LogP contribution is 2.34. The van der Waals surface area contributed by atoms with Crippen molar-refractivity contribution >= 4 is 5.83 Å². The van der Waals surface area contributed by atoms with Crippen LogP contribution in [0.5, 0.6) is 5.75 Å². The summed E-state index contributed by atoms with van der Waals surface area (Å²) in [5.74, 6) is -6.18. The van der Waals surface area contributed by atoms with Gasteiger partial charge in [0, 0.05) is 23.5 Å². The first-order chi connectivity index (χ1) is 20.0. The lowest BCUT2D eigenvalue weighted by molar-refractivity contribution is -0.276. The van der Waals surface area contributed by atoms with Gasteiger partial charge < -0.3 is 14.2 Å². The molecular formula is C32H29F7O3. The quantitative estimate of drug-likeness (QED) is 0.173. The van der Waals surface area contributed by atoms with E-state index in [1.807, 2.05) is 31.2 Å². The molecule has 1 aliphatic heterocycles. The van der Waals surface area contributed by atoms with Gasteiger partial charge in [0.25, 0.3) is 0 Å². The number of alkyl halides is 3. The van der Waals surface area contributed by atoms with Gasteiger partial charge in [-0.25, -0.2) is 17.6 Å². The van der Waals surface area contributed by atoms with Gasteiger partial charge >= 0.3 is 6.36 Å². The summed E-state index contributed by atoms with van der Waals surface area (Å²) in [5.41, 5.74) is 2.93. The molecule has 0 atom stereocenters. The highest BCUT2D eigenvalue weighted by Gasteiger charge is 2.35. The minimum atomic E-state index is -5.23. The molecule has 3 aromatic carbocycles. The Morgan fingerprint density at radius 3 is 2.02 bits per heavy atom. The lowest BCUT2D eigenvalue weighted by Gasteiger charge is -2.30. The smallest absolute Gasteiger partial charge is 0.399 e. The average Bonchev–Trinajstić information content (AvgIpc) is 2.97. The van der Waals surface area contributed by atoms with Crippen molar-refractivity contribution in [3.63, 3.8) is 0 Å². The van der Waals surface area contributed by atoms with Crippen LogP contribution in [0.25, 0.3) is 17.0 Å². The molecule has 224 valence electrons. The SMILES string of the molecule is C/C=C/CC/C(F)=C(\F)c1ccc(-c2ccc(CCC3COC(c4cc(F)c(OC(F)(F)F)c(F)c4)OC3)cc2)cc1. The first kappa shape index (κ1) is 31.3. The van der Waals surface area contributed by atoms with Gasteiger partial charge in [-0.1, -0.05) is 60.7 Å². The highest BCUT2D eigenvalue weighted by atomic mass is 19.4. The lowest BCUT2D eigenvalue weighted by atomic mass is 9.97. The van der Waals surface area contributed by atoms with Gasteiger partial charge in [0.15, 0.2) is 23.8 Å². The van der Waals surface area contributed by atoms with Crippen LogP contribution in [0.15, 0.2) is 78.6 Å². The van der Waals surface area contributed by atoms with Gasteiger partial charge in [-0.05, 0) is 55.0 Å². The first-order valence-electron chi connectivity index (χ1n) is 13.4. The fraction of sp³-hybridized carbons (Fsp3) is 0.312. The fourth-order valence-electron chi connectivity index (χ4n) is 4.52. The fourth-order valence-corrected chi connectivity index (χ4v) is 4.52. The third kappa shape index (κ3) is 8.45. The zero-order chi connectivity index (χ0) is 30.3. The Labute approximate surface area is 239 Å². The topological polar surface area (TPSA) is 27.7 Å². The molecule has 0 amide bonds. The van der Waals surface area contributed by atoms with Gasteiger partial charge in [0.2, 0.25) is 5.75 Å². The van der Waals surface area contributed by atoms with Crippen LogP contribution in [0.3, 0.4) is 0 Å². The second-order valence-corrected chi connectivity index (χ2v) is 9.87. The van der Waals surface area contributed by atoms with E-state index in [1.165, 1.54) is 0 Å². The highest BCUT2D eigenvalue weighted by molar-refractivity contribution is 5.68. The minimum absolute atomic E-state index is 0.00246. The molecule has 0 aliphatic carbocycles. The molecule has 0 saturated carbocycles. The Morgan fingerprint density at radius 2 is 1.48 bits per heavy atom. The molecule has 1 aliphatic rings. The van der Waals surface area contributed by atoms with Gasteiger partial charge in [-0.2, -0.15) is 0 Å². The first-order valence-corrected chi connectivity index (χ1v) is 13.4. The standard InChI is InChI=1S/C32H29F7O3/c1-2-3-4-5-26(33)29(36)24-14-12-23(13-15-24)22-10-8-20(9-11-22)6-7-21-18-40-31(41-19-21)25-16-27(34)30(28(35)17-25)42-32(37,38)39/h2-3,8-17,21,31H,4-7,18-19H2,1H3/b3-2+,29-26+.